The van der Waals surface area contributed by atoms with Gasteiger partial charge in [0.05, 0.1) is 47.7 Å². The van der Waals surface area contributed by atoms with Gasteiger partial charge < -0.3 is 10.3 Å². The van der Waals surface area contributed by atoms with Crippen molar-refractivity contribution in [1.82, 2.24) is 14.3 Å². The average molecular weight is 648 g/mol. The number of rotatable bonds is 14. The number of hydrogen-bond donors (Lipinski definition) is 2. The van der Waals surface area contributed by atoms with E-state index in [2.05, 4.69) is 21.4 Å². The Balaban J connectivity index is 1.56. The summed E-state index contributed by atoms with van der Waals surface area (Å²) in [7, 11) is -8.34. The Morgan fingerprint density at radius 1 is 0.977 bits per heavy atom. The first-order valence-electron chi connectivity index (χ1n) is 13.5. The maximum atomic E-state index is 14.3. The average Bonchev–Trinajstić information content (AvgIpc) is 3.78. The van der Waals surface area contributed by atoms with Crippen LogP contribution in [0, 0.1) is 11.3 Å². The summed E-state index contributed by atoms with van der Waals surface area (Å²) in [6, 6.07) is 26.3. The number of nitrogens with one attached hydrogen (secondary N) is 2. The predicted octanol–water partition coefficient (Wildman–Crippen LogP) is 5.16. The van der Waals surface area contributed by atoms with Crippen molar-refractivity contribution in [2.75, 3.05) is 11.9 Å². The van der Waals surface area contributed by atoms with Crippen LogP contribution in [0.5, 0.6) is 0 Å². The highest BCUT2D eigenvalue weighted by Crippen LogP contribution is 2.30. The van der Waals surface area contributed by atoms with Crippen molar-refractivity contribution < 1.29 is 21.0 Å². The molecule has 44 heavy (non-hydrogen) atoms. The first-order valence-corrected chi connectivity index (χ1v) is 17.3. The molecule has 0 fully saturated rings. The molecule has 2 heterocycles. The zero-order chi connectivity index (χ0) is 31.0. The minimum Gasteiger partial charge on any atom is -0.379 e. The van der Waals surface area contributed by atoms with Crippen molar-refractivity contribution in [3.63, 3.8) is 0 Å². The Kier molecular flexibility index (Phi) is 9.89. The molecule has 10 nitrogen and oxygen atoms in total. The molecular weight excluding hydrogens is 619 g/mol. The highest BCUT2D eigenvalue weighted by atomic mass is 32.2. The molecule has 1 atom stereocenters. The second kappa shape index (κ2) is 14.0. The largest absolute Gasteiger partial charge is 0.379 e. The van der Waals surface area contributed by atoms with E-state index in [4.69, 9.17) is 4.18 Å². The summed E-state index contributed by atoms with van der Waals surface area (Å²) in [6.07, 6.45) is 3.40. The standard InChI is InChI=1S/C31H29N5O5S3/c32-18-25-13-14-30(34-20-27-19-33-23-35-27)26(16-25)21-36(43(37,38)31-12-7-15-42-31)28(17-24-8-3-1-4-9-24)22-41-44(39,40)29-10-5-2-6-11-29/h1-16,19,23,28,34H,17,20-22H2,(H,33,35)/t28-/m1/s1. The topological polar surface area (TPSA) is 145 Å². The summed E-state index contributed by atoms with van der Waals surface area (Å²) in [5.41, 5.74) is 3.11. The van der Waals surface area contributed by atoms with Gasteiger partial charge in [-0.15, -0.1) is 11.3 Å². The van der Waals surface area contributed by atoms with E-state index in [9.17, 15) is 22.1 Å². The van der Waals surface area contributed by atoms with E-state index in [0.29, 0.717) is 23.4 Å². The zero-order valence-corrected chi connectivity index (χ0v) is 25.9. The molecule has 0 saturated heterocycles. The molecule has 0 aliphatic carbocycles. The van der Waals surface area contributed by atoms with Gasteiger partial charge in [0.15, 0.2) is 0 Å². The van der Waals surface area contributed by atoms with Gasteiger partial charge in [0.1, 0.15) is 4.21 Å². The minimum absolute atomic E-state index is 0.0295. The summed E-state index contributed by atoms with van der Waals surface area (Å²) in [5.74, 6) is 0. The van der Waals surface area contributed by atoms with Crippen LogP contribution in [0.4, 0.5) is 5.69 Å². The lowest BCUT2D eigenvalue weighted by Crippen LogP contribution is -2.44. The summed E-state index contributed by atoms with van der Waals surface area (Å²) in [5, 5.41) is 14.6. The summed E-state index contributed by atoms with van der Waals surface area (Å²) in [6.45, 7) is -0.221. The molecule has 0 saturated carbocycles. The van der Waals surface area contributed by atoms with Crippen LogP contribution in [0.3, 0.4) is 0 Å². The maximum absolute atomic E-state index is 14.3. The molecule has 3 aromatic carbocycles. The monoisotopic (exact) mass is 647 g/mol. The van der Waals surface area contributed by atoms with E-state index in [-0.39, 0.29) is 22.1 Å². The summed E-state index contributed by atoms with van der Waals surface area (Å²) >= 11 is 1.07. The number of aromatic nitrogens is 2. The fourth-order valence-electron chi connectivity index (χ4n) is 4.60. The lowest BCUT2D eigenvalue weighted by Gasteiger charge is -2.31. The molecule has 0 unspecified atom stereocenters. The second-order valence-corrected chi connectivity index (χ2v) is 14.5. The Morgan fingerprint density at radius 2 is 1.73 bits per heavy atom. The Hall–Kier alpha value is -4.32. The molecule has 0 radical (unpaired) electrons. The van der Waals surface area contributed by atoms with Crippen molar-refractivity contribution in [2.24, 2.45) is 0 Å². The maximum Gasteiger partial charge on any atom is 0.297 e. The van der Waals surface area contributed by atoms with Crippen molar-refractivity contribution in [3.05, 3.63) is 131 Å². The molecule has 2 N–H and O–H groups in total. The first-order chi connectivity index (χ1) is 21.3. The second-order valence-electron chi connectivity index (χ2n) is 9.79. The van der Waals surface area contributed by atoms with E-state index in [1.54, 1.807) is 60.4 Å². The van der Waals surface area contributed by atoms with Gasteiger partial charge >= 0.3 is 0 Å². The normalized spacial score (nSPS) is 12.5. The molecule has 0 spiro atoms. The van der Waals surface area contributed by atoms with Crippen molar-refractivity contribution >= 4 is 37.2 Å². The third-order valence-corrected chi connectivity index (χ3v) is 11.4. The number of imidazole rings is 1. The van der Waals surface area contributed by atoms with E-state index in [1.807, 2.05) is 30.3 Å². The van der Waals surface area contributed by atoms with E-state index in [1.165, 1.54) is 22.5 Å². The van der Waals surface area contributed by atoms with Crippen molar-refractivity contribution in [1.29, 1.82) is 5.26 Å². The first kappa shape index (κ1) is 31.1. The fraction of sp³-hybridized carbons (Fsp3) is 0.161. The van der Waals surface area contributed by atoms with Gasteiger partial charge in [0.2, 0.25) is 0 Å². The van der Waals surface area contributed by atoms with Crippen molar-refractivity contribution in [2.45, 2.75) is 34.7 Å². The van der Waals surface area contributed by atoms with Gasteiger partial charge in [0.25, 0.3) is 20.1 Å². The molecule has 5 rings (SSSR count). The van der Waals surface area contributed by atoms with Gasteiger partial charge in [-0.2, -0.15) is 18.0 Å². The molecule has 0 aliphatic rings. The van der Waals surface area contributed by atoms with Crippen LogP contribution < -0.4 is 5.32 Å². The van der Waals surface area contributed by atoms with Gasteiger partial charge in [-0.1, -0.05) is 54.6 Å². The summed E-state index contributed by atoms with van der Waals surface area (Å²) in [4.78, 5) is 7.02. The molecule has 226 valence electrons. The highest BCUT2D eigenvalue weighted by Gasteiger charge is 2.35. The number of sulfonamides is 1. The third-order valence-electron chi connectivity index (χ3n) is 6.81. The van der Waals surface area contributed by atoms with E-state index < -0.39 is 32.8 Å². The number of H-pyrrole nitrogens is 1. The smallest absolute Gasteiger partial charge is 0.297 e. The van der Waals surface area contributed by atoms with Crippen LogP contribution in [0.25, 0.3) is 0 Å². The Labute approximate surface area is 260 Å². The molecule has 5 aromatic rings. The Bertz CT molecular complexity index is 1910. The number of nitrogens with zero attached hydrogens (tertiary/aromatic N) is 3. The number of nitriles is 1. The van der Waals surface area contributed by atoms with Crippen LogP contribution in [-0.2, 0) is 43.8 Å². The van der Waals surface area contributed by atoms with Gasteiger partial charge in [0, 0.05) is 18.4 Å². The van der Waals surface area contributed by atoms with Crippen LogP contribution in [0.1, 0.15) is 22.4 Å². The highest BCUT2D eigenvalue weighted by molar-refractivity contribution is 7.91. The minimum atomic E-state index is -4.19. The van der Waals surface area contributed by atoms with Crippen LogP contribution in [0.15, 0.2) is 118 Å². The molecule has 2 aromatic heterocycles. The van der Waals surface area contributed by atoms with Crippen LogP contribution in [-0.4, -0.2) is 43.8 Å². The fourth-order valence-corrected chi connectivity index (χ4v) is 8.27. The summed E-state index contributed by atoms with van der Waals surface area (Å²) < 4.78 is 61.7. The predicted molar refractivity (Wildman–Crippen MR) is 168 cm³/mol. The van der Waals surface area contributed by atoms with Crippen LogP contribution >= 0.6 is 11.3 Å². The molecular formula is C31H29N5O5S3. The SMILES string of the molecule is N#Cc1ccc(NCc2cnc[nH]2)c(CN([C@@H](COS(=O)(=O)c2ccccc2)Cc2ccccc2)S(=O)(=O)c2cccs2)c1. The number of aromatic amines is 1. The lowest BCUT2D eigenvalue weighted by molar-refractivity contribution is 0.203. The van der Waals surface area contributed by atoms with Crippen molar-refractivity contribution in [3.8, 4) is 6.07 Å². The molecule has 0 aliphatic heterocycles. The van der Waals surface area contributed by atoms with E-state index in [0.717, 1.165) is 22.6 Å². The zero-order valence-electron chi connectivity index (χ0n) is 23.4. The van der Waals surface area contributed by atoms with Gasteiger partial charge in [-0.25, -0.2) is 13.4 Å². The number of anilines is 1. The molecule has 0 amide bonds. The molecule has 13 heteroatoms. The third kappa shape index (κ3) is 7.60. The number of thiophene rings is 1. The van der Waals surface area contributed by atoms with Crippen LogP contribution in [0.2, 0.25) is 0 Å². The number of hydrogen-bond acceptors (Lipinski definition) is 9. The quantitative estimate of drug-likeness (QED) is 0.157. The van der Waals surface area contributed by atoms with Gasteiger partial charge in [-0.3, -0.25) is 4.18 Å². The van der Waals surface area contributed by atoms with Gasteiger partial charge in [-0.05, 0) is 59.3 Å². The lowest BCUT2D eigenvalue weighted by atomic mass is 10.0. The number of benzene rings is 3. The van der Waals surface area contributed by atoms with E-state index >= 15 is 0 Å². The Morgan fingerprint density at radius 3 is 2.39 bits per heavy atom. The molecule has 0 bridgehead atoms.